The van der Waals surface area contributed by atoms with E-state index in [1.165, 1.54) is 0 Å². The molecule has 0 unspecified atom stereocenters. The number of hydrogen-bond donors (Lipinski definition) is 3. The van der Waals surface area contributed by atoms with E-state index >= 15 is 0 Å². The lowest BCUT2D eigenvalue weighted by Gasteiger charge is -2.26. The third-order valence-corrected chi connectivity index (χ3v) is 3.77. The molecule has 0 radical (unpaired) electrons. The van der Waals surface area contributed by atoms with Gasteiger partial charge in [0.15, 0.2) is 17.5 Å². The summed E-state index contributed by atoms with van der Waals surface area (Å²) in [5.74, 6) is -3.96. The van der Waals surface area contributed by atoms with Crippen molar-refractivity contribution < 1.29 is 23.1 Å². The van der Waals surface area contributed by atoms with Crippen LogP contribution in [0.1, 0.15) is 31.2 Å². The Labute approximate surface area is 126 Å². The van der Waals surface area contributed by atoms with Gasteiger partial charge in [-0.3, -0.25) is 0 Å². The number of halogens is 3. The predicted molar refractivity (Wildman–Crippen MR) is 74.8 cm³/mol. The molecule has 4 nitrogen and oxygen atoms in total. The van der Waals surface area contributed by atoms with Crippen LogP contribution in [0.5, 0.6) is 0 Å². The fraction of sp³-hybridized carbons (Fsp3) is 0.533. The lowest BCUT2D eigenvalue weighted by atomic mass is 9.93. The first-order valence-corrected chi connectivity index (χ1v) is 7.31. The van der Waals surface area contributed by atoms with Crippen LogP contribution < -0.4 is 10.6 Å². The minimum atomic E-state index is -1.49. The molecule has 1 aliphatic carbocycles. The molecular weight excluding hydrogens is 297 g/mol. The normalized spacial score (nSPS) is 21.5. The van der Waals surface area contributed by atoms with Gasteiger partial charge in [-0.15, -0.1) is 0 Å². The number of aliphatic hydroxyl groups excluding tert-OH is 1. The number of urea groups is 1. The number of aliphatic hydroxyl groups is 1. The van der Waals surface area contributed by atoms with E-state index < -0.39 is 17.5 Å². The second-order valence-corrected chi connectivity index (χ2v) is 5.53. The van der Waals surface area contributed by atoms with E-state index in [-0.39, 0.29) is 36.7 Å². The Morgan fingerprint density at radius 2 is 1.73 bits per heavy atom. The fourth-order valence-corrected chi connectivity index (χ4v) is 2.53. The second kappa shape index (κ2) is 7.49. The molecule has 1 saturated carbocycles. The third-order valence-electron chi connectivity index (χ3n) is 3.77. The van der Waals surface area contributed by atoms with Crippen molar-refractivity contribution in [2.45, 2.75) is 44.2 Å². The number of carbonyl (C=O) groups excluding carboxylic acids is 1. The molecule has 0 spiro atoms. The maximum atomic E-state index is 13.0. The summed E-state index contributed by atoms with van der Waals surface area (Å²) in [5.41, 5.74) is 0.275. The van der Waals surface area contributed by atoms with Crippen molar-refractivity contribution in [2.75, 3.05) is 6.54 Å². The topological polar surface area (TPSA) is 61.4 Å². The van der Waals surface area contributed by atoms with Gasteiger partial charge < -0.3 is 15.7 Å². The van der Waals surface area contributed by atoms with E-state index in [1.54, 1.807) is 0 Å². The van der Waals surface area contributed by atoms with Crippen molar-refractivity contribution in [1.82, 2.24) is 10.6 Å². The molecule has 0 heterocycles. The lowest BCUT2D eigenvalue weighted by molar-refractivity contribution is 0.117. The number of amides is 2. The van der Waals surface area contributed by atoms with Crippen LogP contribution in [-0.4, -0.2) is 29.8 Å². The Kier molecular flexibility index (Phi) is 5.65. The SMILES string of the molecule is O=C(NCCc1cc(F)c(F)c(F)c1)NC1CCC(O)CC1. The Balaban J connectivity index is 1.73. The molecule has 0 bridgehead atoms. The van der Waals surface area contributed by atoms with E-state index in [1.807, 2.05) is 0 Å². The van der Waals surface area contributed by atoms with Crippen LogP contribution in [0.25, 0.3) is 0 Å². The first-order chi connectivity index (χ1) is 10.5. The van der Waals surface area contributed by atoms with E-state index in [2.05, 4.69) is 10.6 Å². The highest BCUT2D eigenvalue weighted by molar-refractivity contribution is 5.74. The summed E-state index contributed by atoms with van der Waals surface area (Å²) in [6, 6.07) is 1.51. The summed E-state index contributed by atoms with van der Waals surface area (Å²) >= 11 is 0. The number of carbonyl (C=O) groups is 1. The Hall–Kier alpha value is -1.76. The van der Waals surface area contributed by atoms with Gasteiger partial charge >= 0.3 is 6.03 Å². The van der Waals surface area contributed by atoms with E-state index in [0.717, 1.165) is 25.0 Å². The van der Waals surface area contributed by atoms with Crippen molar-refractivity contribution in [3.63, 3.8) is 0 Å². The minimum Gasteiger partial charge on any atom is -0.393 e. The minimum absolute atomic E-state index is 0.0316. The van der Waals surface area contributed by atoms with Gasteiger partial charge in [0.2, 0.25) is 0 Å². The summed E-state index contributed by atoms with van der Waals surface area (Å²) in [6.45, 7) is 0.186. The van der Waals surface area contributed by atoms with Crippen LogP contribution >= 0.6 is 0 Å². The largest absolute Gasteiger partial charge is 0.393 e. The molecule has 1 aromatic rings. The van der Waals surface area contributed by atoms with Gasteiger partial charge in [0.25, 0.3) is 0 Å². The highest BCUT2D eigenvalue weighted by Crippen LogP contribution is 2.18. The van der Waals surface area contributed by atoms with Crippen LogP contribution in [0.15, 0.2) is 12.1 Å². The van der Waals surface area contributed by atoms with Gasteiger partial charge in [0.1, 0.15) is 0 Å². The Morgan fingerprint density at radius 3 is 2.32 bits per heavy atom. The van der Waals surface area contributed by atoms with Crippen LogP contribution in [0.3, 0.4) is 0 Å². The molecule has 1 fully saturated rings. The standard InChI is InChI=1S/C15H19F3N2O2/c16-12-7-9(8-13(17)14(12)18)5-6-19-15(22)20-10-1-3-11(21)4-2-10/h7-8,10-11,21H,1-6H2,(H2,19,20,22). The van der Waals surface area contributed by atoms with Crippen molar-refractivity contribution in [3.05, 3.63) is 35.1 Å². The maximum Gasteiger partial charge on any atom is 0.315 e. The average molecular weight is 316 g/mol. The highest BCUT2D eigenvalue weighted by atomic mass is 19.2. The first kappa shape index (κ1) is 16.6. The van der Waals surface area contributed by atoms with Gasteiger partial charge in [-0.05, 0) is 49.8 Å². The molecule has 0 saturated heterocycles. The Morgan fingerprint density at radius 1 is 1.14 bits per heavy atom. The maximum absolute atomic E-state index is 13.0. The van der Waals surface area contributed by atoms with Crippen LogP contribution in [0, 0.1) is 17.5 Å². The zero-order chi connectivity index (χ0) is 16.1. The van der Waals surface area contributed by atoms with E-state index in [4.69, 9.17) is 0 Å². The van der Waals surface area contributed by atoms with Crippen molar-refractivity contribution in [3.8, 4) is 0 Å². The average Bonchev–Trinajstić information content (AvgIpc) is 2.47. The van der Waals surface area contributed by atoms with Gasteiger partial charge in [-0.25, -0.2) is 18.0 Å². The number of benzene rings is 1. The zero-order valence-electron chi connectivity index (χ0n) is 12.0. The monoisotopic (exact) mass is 316 g/mol. The molecule has 22 heavy (non-hydrogen) atoms. The van der Waals surface area contributed by atoms with Crippen LogP contribution in [0.2, 0.25) is 0 Å². The molecular formula is C15H19F3N2O2. The fourth-order valence-electron chi connectivity index (χ4n) is 2.53. The van der Waals surface area contributed by atoms with Gasteiger partial charge in [-0.1, -0.05) is 0 Å². The molecule has 0 atom stereocenters. The Bertz CT molecular complexity index is 509. The molecule has 1 aromatic carbocycles. The summed E-state index contributed by atoms with van der Waals surface area (Å²) in [7, 11) is 0. The van der Waals surface area contributed by atoms with Crippen molar-refractivity contribution in [2.24, 2.45) is 0 Å². The summed E-state index contributed by atoms with van der Waals surface area (Å²) in [4.78, 5) is 11.7. The summed E-state index contributed by atoms with van der Waals surface area (Å²) < 4.78 is 38.9. The summed E-state index contributed by atoms with van der Waals surface area (Å²) in [5, 5.41) is 14.8. The van der Waals surface area contributed by atoms with E-state index in [9.17, 15) is 23.1 Å². The molecule has 0 aromatic heterocycles. The first-order valence-electron chi connectivity index (χ1n) is 7.31. The number of rotatable bonds is 4. The molecule has 7 heteroatoms. The zero-order valence-corrected chi connectivity index (χ0v) is 12.0. The van der Waals surface area contributed by atoms with E-state index in [0.29, 0.717) is 12.8 Å². The number of nitrogens with one attached hydrogen (secondary N) is 2. The van der Waals surface area contributed by atoms with Gasteiger partial charge in [0, 0.05) is 12.6 Å². The molecule has 1 aliphatic rings. The highest BCUT2D eigenvalue weighted by Gasteiger charge is 2.20. The van der Waals surface area contributed by atoms with Crippen LogP contribution in [-0.2, 0) is 6.42 Å². The molecule has 2 amide bonds. The molecule has 2 rings (SSSR count). The number of hydrogen-bond acceptors (Lipinski definition) is 2. The van der Waals surface area contributed by atoms with Crippen molar-refractivity contribution >= 4 is 6.03 Å². The van der Waals surface area contributed by atoms with Gasteiger partial charge in [-0.2, -0.15) is 0 Å². The lowest BCUT2D eigenvalue weighted by Crippen LogP contribution is -2.44. The quantitative estimate of drug-likeness (QED) is 0.746. The third kappa shape index (κ3) is 4.62. The smallest absolute Gasteiger partial charge is 0.315 e. The molecule has 122 valence electrons. The molecule has 3 N–H and O–H groups in total. The predicted octanol–water partition coefficient (Wildman–Crippen LogP) is 2.25. The molecule has 0 aliphatic heterocycles. The van der Waals surface area contributed by atoms with Gasteiger partial charge in [0.05, 0.1) is 6.10 Å². The van der Waals surface area contributed by atoms with Crippen LogP contribution in [0.4, 0.5) is 18.0 Å². The van der Waals surface area contributed by atoms with Crippen molar-refractivity contribution in [1.29, 1.82) is 0 Å². The second-order valence-electron chi connectivity index (χ2n) is 5.53. The summed E-state index contributed by atoms with van der Waals surface area (Å²) in [6.07, 6.45) is 2.69.